The molecule has 14 nitrogen and oxygen atoms in total. The van der Waals surface area contributed by atoms with Crippen LogP contribution in [-0.2, 0) is 35.7 Å². The van der Waals surface area contributed by atoms with Gasteiger partial charge in [-0.2, -0.15) is 17.5 Å². The van der Waals surface area contributed by atoms with Gasteiger partial charge in [-0.05, 0) is 44.5 Å². The van der Waals surface area contributed by atoms with Crippen LogP contribution in [0, 0.1) is 0 Å². The first kappa shape index (κ1) is 33.9. The van der Waals surface area contributed by atoms with Crippen molar-refractivity contribution in [3.05, 3.63) is 48.3 Å². The number of alkyl halides is 3. The number of fused-ring (bicyclic) bond motifs is 1. The number of ether oxygens (including phenoxy) is 3. The van der Waals surface area contributed by atoms with Crippen molar-refractivity contribution in [1.29, 1.82) is 0 Å². The normalized spacial score (nSPS) is 19.7. The summed E-state index contributed by atoms with van der Waals surface area (Å²) in [6.45, 7) is -0.434. The molecular formula is C27H32F3N5O9S2. The Kier molecular flexibility index (Phi) is 9.54. The van der Waals surface area contributed by atoms with Crippen molar-refractivity contribution in [1.82, 2.24) is 24.3 Å². The Bertz CT molecular complexity index is 1790. The smallest absolute Gasteiger partial charge is 0.418 e. The number of aliphatic hydroxyl groups excluding tert-OH is 1. The quantitative estimate of drug-likeness (QED) is 0.245. The molecule has 1 unspecified atom stereocenters. The van der Waals surface area contributed by atoms with Gasteiger partial charge < -0.3 is 29.6 Å². The largest absolute Gasteiger partial charge is 0.491 e. The van der Waals surface area contributed by atoms with Crippen LogP contribution in [0.15, 0.2) is 52.5 Å². The van der Waals surface area contributed by atoms with Crippen molar-refractivity contribution in [3.8, 4) is 5.75 Å². The molecule has 5 rings (SSSR count). The number of H-pyrrole nitrogens is 1. The summed E-state index contributed by atoms with van der Waals surface area (Å²) in [4.78, 5) is 18.3. The van der Waals surface area contributed by atoms with Gasteiger partial charge in [-0.15, -0.1) is 0 Å². The Balaban J connectivity index is 1.08. The van der Waals surface area contributed by atoms with Crippen molar-refractivity contribution in [2.45, 2.75) is 53.0 Å². The lowest BCUT2D eigenvalue weighted by molar-refractivity contribution is -0.136. The van der Waals surface area contributed by atoms with Gasteiger partial charge in [0.2, 0.25) is 20.0 Å². The van der Waals surface area contributed by atoms with E-state index in [4.69, 9.17) is 14.2 Å². The maximum atomic E-state index is 13.3. The molecule has 0 radical (unpaired) electrons. The molecule has 1 amide bonds. The van der Waals surface area contributed by atoms with Crippen LogP contribution in [0.1, 0.15) is 24.8 Å². The Labute approximate surface area is 262 Å². The first-order chi connectivity index (χ1) is 21.6. The topological polar surface area (TPSA) is 189 Å². The summed E-state index contributed by atoms with van der Waals surface area (Å²) in [6, 6.07) is 6.18. The highest BCUT2D eigenvalue weighted by atomic mass is 32.2. The van der Waals surface area contributed by atoms with Crippen molar-refractivity contribution in [3.63, 3.8) is 0 Å². The number of rotatable bonds is 10. The van der Waals surface area contributed by atoms with Crippen LogP contribution in [0.3, 0.4) is 0 Å². The molecule has 4 N–H and O–H groups in total. The number of hydrogen-bond donors (Lipinski definition) is 4. The van der Waals surface area contributed by atoms with E-state index in [0.717, 1.165) is 18.5 Å². The molecule has 0 saturated carbocycles. The molecule has 1 aromatic carbocycles. The molecule has 0 bridgehead atoms. The van der Waals surface area contributed by atoms with E-state index < -0.39 is 62.2 Å². The van der Waals surface area contributed by atoms with Gasteiger partial charge in [0.15, 0.2) is 0 Å². The van der Waals surface area contributed by atoms with Crippen LogP contribution >= 0.6 is 0 Å². The first-order valence-electron chi connectivity index (χ1n) is 14.1. The number of carbonyl (C=O) groups is 1. The lowest BCUT2D eigenvalue weighted by Crippen LogP contribution is -2.47. The van der Waals surface area contributed by atoms with Crippen LogP contribution in [0.4, 0.5) is 18.0 Å². The van der Waals surface area contributed by atoms with E-state index in [0.29, 0.717) is 19.3 Å². The fraction of sp³-hybridized carbons (Fsp3) is 0.481. The minimum atomic E-state index is -4.68. The molecule has 2 atom stereocenters. The zero-order valence-corrected chi connectivity index (χ0v) is 26.0. The number of benzene rings is 1. The molecule has 2 aliphatic rings. The van der Waals surface area contributed by atoms with Crippen molar-refractivity contribution in [2.75, 3.05) is 40.0 Å². The summed E-state index contributed by atoms with van der Waals surface area (Å²) in [6.07, 6.45) is -3.97. The lowest BCUT2D eigenvalue weighted by Gasteiger charge is -2.37. The molecule has 4 heterocycles. The molecule has 46 heavy (non-hydrogen) atoms. The molecule has 2 saturated heterocycles. The Morgan fingerprint density at radius 2 is 1.93 bits per heavy atom. The van der Waals surface area contributed by atoms with Gasteiger partial charge >= 0.3 is 12.3 Å². The highest BCUT2D eigenvalue weighted by Gasteiger charge is 2.45. The maximum Gasteiger partial charge on any atom is 0.418 e. The predicted octanol–water partition coefficient (Wildman–Crippen LogP) is 1.97. The standard InChI is InChI=1S/C27H32F3N5O9S2/c1-31-45(38,39)20-4-2-3-19(9-20)42-15-18(36)16-43-25(37)34-17-11-26(44-14-17)5-7-35(8-6-26)46(40,41)21-10-22-23(27(28,29)30)13-33-24(22)32-12-21/h2-4,9-10,12-13,17-18,31,36H,5-8,11,14-16H2,1H3,(H,32,33)(H,34,37)/t17-,18?/m1/s1. The summed E-state index contributed by atoms with van der Waals surface area (Å²) in [7, 11) is -6.54. The number of amides is 1. The van der Waals surface area contributed by atoms with Crippen LogP contribution in [0.2, 0.25) is 0 Å². The summed E-state index contributed by atoms with van der Waals surface area (Å²) in [5.74, 6) is 0.195. The summed E-state index contributed by atoms with van der Waals surface area (Å²) in [5.41, 5.74) is -1.79. The molecule has 2 aliphatic heterocycles. The molecule has 252 valence electrons. The molecular weight excluding hydrogens is 659 g/mol. The number of carbonyl (C=O) groups excluding carboxylic acids is 1. The average Bonchev–Trinajstić information content (AvgIpc) is 3.63. The summed E-state index contributed by atoms with van der Waals surface area (Å²) < 4.78 is 110. The van der Waals surface area contributed by atoms with Gasteiger partial charge in [0.25, 0.3) is 0 Å². The SMILES string of the molecule is CNS(=O)(=O)c1cccc(OCC(O)COC(=O)N[C@H]2COC3(CCN(S(=O)(=O)c4cnc5[nH]cc(C(F)(F)F)c5c4)CC3)C2)c1. The van der Waals surface area contributed by atoms with E-state index in [1.807, 2.05) is 0 Å². The molecule has 3 aromatic rings. The lowest BCUT2D eigenvalue weighted by atomic mass is 9.88. The number of piperidine rings is 1. The van der Waals surface area contributed by atoms with E-state index in [-0.39, 0.29) is 52.9 Å². The first-order valence-corrected chi connectivity index (χ1v) is 17.0. The minimum Gasteiger partial charge on any atom is -0.491 e. The Hall–Kier alpha value is -3.49. The van der Waals surface area contributed by atoms with E-state index in [2.05, 4.69) is 20.0 Å². The second-order valence-electron chi connectivity index (χ2n) is 11.0. The molecule has 0 aliphatic carbocycles. The number of hydrogen-bond acceptors (Lipinski definition) is 10. The number of halogens is 3. The number of aromatic amines is 1. The monoisotopic (exact) mass is 691 g/mol. The third-order valence-electron chi connectivity index (χ3n) is 7.85. The number of aliphatic hydroxyl groups is 1. The molecule has 2 aromatic heterocycles. The maximum absolute atomic E-state index is 13.3. The van der Waals surface area contributed by atoms with Crippen LogP contribution in [0.25, 0.3) is 11.0 Å². The Morgan fingerprint density at radius 3 is 2.63 bits per heavy atom. The number of aromatic nitrogens is 2. The van der Waals surface area contributed by atoms with Crippen molar-refractivity contribution < 1.29 is 54.1 Å². The van der Waals surface area contributed by atoms with Crippen LogP contribution < -0.4 is 14.8 Å². The second kappa shape index (κ2) is 13.0. The molecule has 1 spiro atoms. The predicted molar refractivity (Wildman–Crippen MR) is 155 cm³/mol. The highest BCUT2D eigenvalue weighted by Crippen LogP contribution is 2.39. The number of nitrogens with zero attached hydrogens (tertiary/aromatic N) is 2. The second-order valence-corrected chi connectivity index (χ2v) is 14.8. The fourth-order valence-electron chi connectivity index (χ4n) is 5.40. The zero-order chi connectivity index (χ0) is 33.3. The number of nitrogens with one attached hydrogen (secondary N) is 3. The van der Waals surface area contributed by atoms with E-state index in [9.17, 15) is 39.9 Å². The minimum absolute atomic E-state index is 0.0174. The third-order valence-corrected chi connectivity index (χ3v) is 11.1. The number of alkyl carbamates (subject to hydrolysis) is 1. The van der Waals surface area contributed by atoms with Gasteiger partial charge in [0.1, 0.15) is 35.6 Å². The average molecular weight is 692 g/mol. The summed E-state index contributed by atoms with van der Waals surface area (Å²) in [5, 5.41) is 12.5. The Morgan fingerprint density at radius 1 is 1.20 bits per heavy atom. The van der Waals surface area contributed by atoms with Crippen molar-refractivity contribution >= 4 is 37.2 Å². The van der Waals surface area contributed by atoms with Gasteiger partial charge in [0.05, 0.1) is 28.7 Å². The van der Waals surface area contributed by atoms with Crippen LogP contribution in [-0.4, -0.2) is 100 Å². The highest BCUT2D eigenvalue weighted by molar-refractivity contribution is 7.89. The summed E-state index contributed by atoms with van der Waals surface area (Å²) >= 11 is 0. The van der Waals surface area contributed by atoms with E-state index >= 15 is 0 Å². The van der Waals surface area contributed by atoms with Crippen molar-refractivity contribution in [2.24, 2.45) is 0 Å². The van der Waals surface area contributed by atoms with Gasteiger partial charge in [-0.3, -0.25) is 0 Å². The molecule has 2 fully saturated rings. The van der Waals surface area contributed by atoms with Crippen LogP contribution in [0.5, 0.6) is 5.75 Å². The van der Waals surface area contributed by atoms with E-state index in [1.165, 1.54) is 35.6 Å². The van der Waals surface area contributed by atoms with Gasteiger partial charge in [0, 0.05) is 36.9 Å². The molecule has 19 heteroatoms. The van der Waals surface area contributed by atoms with E-state index in [1.54, 1.807) is 0 Å². The zero-order valence-electron chi connectivity index (χ0n) is 24.4. The number of pyridine rings is 1. The van der Waals surface area contributed by atoms with Gasteiger partial charge in [-0.25, -0.2) is 31.3 Å². The van der Waals surface area contributed by atoms with Gasteiger partial charge in [-0.1, -0.05) is 6.07 Å². The third kappa shape index (κ3) is 7.39. The fourth-order valence-corrected chi connectivity index (χ4v) is 7.58. The number of sulfonamides is 2.